The maximum atomic E-state index is 15.1. The number of pyridine rings is 1. The molecule has 0 saturated heterocycles. The predicted octanol–water partition coefficient (Wildman–Crippen LogP) is 7.67. The van der Waals surface area contributed by atoms with Crippen LogP contribution in [-0.2, 0) is 0 Å². The van der Waals surface area contributed by atoms with Crippen molar-refractivity contribution in [1.29, 1.82) is 0 Å². The Labute approximate surface area is 267 Å². The van der Waals surface area contributed by atoms with Gasteiger partial charge in [0.15, 0.2) is 5.65 Å². The minimum atomic E-state index is -0.887. The van der Waals surface area contributed by atoms with E-state index in [9.17, 15) is 9.18 Å². The van der Waals surface area contributed by atoms with Crippen LogP contribution in [0.4, 0.5) is 24.8 Å². The van der Waals surface area contributed by atoms with Gasteiger partial charge in [-0.2, -0.15) is 4.98 Å². The normalized spacial score (nSPS) is 10.9. The average molecular weight is 629 g/mol. The molecule has 1 N–H and O–H groups in total. The standard InChI is InChI=1S/C34H33F3N6O.C2H6/c1-21-10-11-23(22(2)38-25-14-12-24(35)13-15-25)20-27(21)31-26-16-17-30(44)43(32-28(36)8-6-9-29(32)37)33(26)40-34(39-31)42(5)19-7-18-41(3)4;1-2/h6,8-17,20,38H,2,7,18-19H2,1,3-5H3;1-2H3. The van der Waals surface area contributed by atoms with E-state index in [0.29, 0.717) is 35.0 Å². The second kappa shape index (κ2) is 14.9. The highest BCUT2D eigenvalue weighted by atomic mass is 19.1. The van der Waals surface area contributed by atoms with Crippen molar-refractivity contribution in [2.24, 2.45) is 0 Å². The quantitative estimate of drug-likeness (QED) is 0.171. The van der Waals surface area contributed by atoms with E-state index < -0.39 is 22.9 Å². The Hall–Kier alpha value is -4.96. The van der Waals surface area contributed by atoms with E-state index in [1.165, 1.54) is 24.3 Å². The van der Waals surface area contributed by atoms with Crippen molar-refractivity contribution in [2.45, 2.75) is 27.2 Å². The van der Waals surface area contributed by atoms with Gasteiger partial charge in [-0.05, 0) is 93.6 Å². The molecule has 0 fully saturated rings. The summed E-state index contributed by atoms with van der Waals surface area (Å²) in [6.07, 6.45) is 0.813. The Bertz CT molecular complexity index is 1880. The van der Waals surface area contributed by atoms with Gasteiger partial charge >= 0.3 is 0 Å². The molecule has 0 amide bonds. The molecule has 0 spiro atoms. The van der Waals surface area contributed by atoms with E-state index in [1.807, 2.05) is 65.0 Å². The van der Waals surface area contributed by atoms with Crippen molar-refractivity contribution in [2.75, 3.05) is 44.4 Å². The Kier molecular flexibility index (Phi) is 11.0. The third-order valence-electron chi connectivity index (χ3n) is 7.32. The van der Waals surface area contributed by atoms with Crippen molar-refractivity contribution in [1.82, 2.24) is 19.4 Å². The molecule has 0 aliphatic carbocycles. The van der Waals surface area contributed by atoms with Crippen LogP contribution < -0.4 is 15.8 Å². The Morgan fingerprint density at radius 1 is 0.891 bits per heavy atom. The number of halogens is 3. The lowest BCUT2D eigenvalue weighted by Crippen LogP contribution is -2.26. The number of aromatic nitrogens is 3. The number of hydrogen-bond donors (Lipinski definition) is 1. The lowest BCUT2D eigenvalue weighted by atomic mass is 9.98. The molecule has 5 aromatic rings. The summed E-state index contributed by atoms with van der Waals surface area (Å²) in [6, 6.07) is 18.0. The highest BCUT2D eigenvalue weighted by Crippen LogP contribution is 2.33. The zero-order valence-electron chi connectivity index (χ0n) is 27.0. The van der Waals surface area contributed by atoms with Crippen molar-refractivity contribution in [3.8, 4) is 16.9 Å². The summed E-state index contributed by atoms with van der Waals surface area (Å²) in [5.74, 6) is -1.81. The fourth-order valence-electron chi connectivity index (χ4n) is 4.97. The van der Waals surface area contributed by atoms with Gasteiger partial charge in [-0.3, -0.25) is 9.36 Å². The van der Waals surface area contributed by atoms with Crippen molar-refractivity contribution in [3.05, 3.63) is 118 Å². The Balaban J connectivity index is 0.00000235. The van der Waals surface area contributed by atoms with Gasteiger partial charge in [-0.15, -0.1) is 0 Å². The molecule has 0 saturated carbocycles. The molecule has 10 heteroatoms. The molecule has 0 atom stereocenters. The van der Waals surface area contributed by atoms with E-state index in [2.05, 4.69) is 16.8 Å². The zero-order chi connectivity index (χ0) is 33.5. The lowest BCUT2D eigenvalue weighted by Gasteiger charge is -2.22. The number of aryl methyl sites for hydroxylation is 1. The molecular weight excluding hydrogens is 589 g/mol. The summed E-state index contributed by atoms with van der Waals surface area (Å²) in [6.45, 7) is 11.5. The van der Waals surface area contributed by atoms with Gasteiger partial charge in [-0.25, -0.2) is 18.2 Å². The molecule has 0 aliphatic heterocycles. The number of fused-ring (bicyclic) bond motifs is 1. The zero-order valence-corrected chi connectivity index (χ0v) is 27.0. The number of para-hydroxylation sites is 1. The number of rotatable bonds is 10. The molecule has 2 heterocycles. The summed E-state index contributed by atoms with van der Waals surface area (Å²) < 4.78 is 44.6. The number of benzene rings is 3. The minimum Gasteiger partial charge on any atom is -0.356 e. The highest BCUT2D eigenvalue weighted by Gasteiger charge is 2.21. The van der Waals surface area contributed by atoms with Crippen LogP contribution >= 0.6 is 0 Å². The van der Waals surface area contributed by atoms with Crippen LogP contribution in [0.3, 0.4) is 0 Å². The summed E-state index contributed by atoms with van der Waals surface area (Å²) in [5, 5.41) is 3.64. The van der Waals surface area contributed by atoms with Gasteiger partial charge in [0.25, 0.3) is 5.56 Å². The first kappa shape index (κ1) is 33.9. The number of nitrogens with one attached hydrogen (secondary N) is 1. The summed E-state index contributed by atoms with van der Waals surface area (Å²) in [7, 11) is 5.81. The van der Waals surface area contributed by atoms with Gasteiger partial charge in [0.2, 0.25) is 5.95 Å². The second-order valence-electron chi connectivity index (χ2n) is 10.9. The van der Waals surface area contributed by atoms with Gasteiger partial charge in [-0.1, -0.05) is 38.6 Å². The smallest absolute Gasteiger partial charge is 0.256 e. The largest absolute Gasteiger partial charge is 0.356 e. The van der Waals surface area contributed by atoms with Crippen LogP contribution in [0, 0.1) is 24.4 Å². The summed E-state index contributed by atoms with van der Waals surface area (Å²) in [4.78, 5) is 26.8. The van der Waals surface area contributed by atoms with E-state index in [0.717, 1.165) is 46.4 Å². The topological polar surface area (TPSA) is 66.3 Å². The predicted molar refractivity (Wildman–Crippen MR) is 182 cm³/mol. The number of hydrogen-bond acceptors (Lipinski definition) is 6. The first-order valence-electron chi connectivity index (χ1n) is 15.1. The molecule has 3 aromatic carbocycles. The molecule has 46 heavy (non-hydrogen) atoms. The summed E-state index contributed by atoms with van der Waals surface area (Å²) in [5.41, 5.74) is 3.02. The van der Waals surface area contributed by atoms with Crippen molar-refractivity contribution < 1.29 is 13.2 Å². The van der Waals surface area contributed by atoms with E-state index in [-0.39, 0.29) is 11.5 Å². The first-order chi connectivity index (χ1) is 22.0. The van der Waals surface area contributed by atoms with Crippen LogP contribution in [0.15, 0.2) is 84.2 Å². The SMILES string of the molecule is C=C(Nc1ccc(F)cc1)c1ccc(C)c(-c2nc(N(C)CCCN(C)C)nc3c2ccc(=O)n3-c2c(F)cccc2F)c1.CC. The van der Waals surface area contributed by atoms with Crippen LogP contribution in [0.1, 0.15) is 31.4 Å². The van der Waals surface area contributed by atoms with Gasteiger partial charge in [0.1, 0.15) is 23.1 Å². The van der Waals surface area contributed by atoms with Crippen molar-refractivity contribution >= 4 is 28.4 Å². The molecule has 0 unspecified atom stereocenters. The molecule has 0 radical (unpaired) electrons. The number of nitrogens with zero attached hydrogens (tertiary/aromatic N) is 5. The maximum Gasteiger partial charge on any atom is 0.256 e. The number of anilines is 2. The molecule has 240 valence electrons. The van der Waals surface area contributed by atoms with Gasteiger partial charge in [0, 0.05) is 42.0 Å². The van der Waals surface area contributed by atoms with Crippen LogP contribution in [-0.4, -0.2) is 53.7 Å². The monoisotopic (exact) mass is 628 g/mol. The minimum absolute atomic E-state index is 0.0778. The fourth-order valence-corrected chi connectivity index (χ4v) is 4.97. The molecule has 5 rings (SSSR count). The average Bonchev–Trinajstić information content (AvgIpc) is 3.03. The molecule has 7 nitrogen and oxygen atoms in total. The molecule has 0 aliphatic rings. The Morgan fingerprint density at radius 3 is 2.22 bits per heavy atom. The van der Waals surface area contributed by atoms with Crippen LogP contribution in [0.25, 0.3) is 33.7 Å². The third kappa shape index (κ3) is 7.46. The highest BCUT2D eigenvalue weighted by molar-refractivity contribution is 5.94. The molecular formula is C36H39F3N6O. The van der Waals surface area contributed by atoms with Crippen molar-refractivity contribution in [3.63, 3.8) is 0 Å². The molecule has 2 aromatic heterocycles. The first-order valence-corrected chi connectivity index (χ1v) is 15.1. The maximum absolute atomic E-state index is 15.1. The molecule has 0 bridgehead atoms. The second-order valence-corrected chi connectivity index (χ2v) is 10.9. The van der Waals surface area contributed by atoms with E-state index in [1.54, 1.807) is 18.2 Å². The lowest BCUT2D eigenvalue weighted by molar-refractivity contribution is 0.401. The van der Waals surface area contributed by atoms with Gasteiger partial charge < -0.3 is 15.1 Å². The third-order valence-corrected chi connectivity index (χ3v) is 7.32. The van der Waals surface area contributed by atoms with Crippen LogP contribution in [0.5, 0.6) is 0 Å². The van der Waals surface area contributed by atoms with E-state index in [4.69, 9.17) is 9.97 Å². The van der Waals surface area contributed by atoms with Gasteiger partial charge in [0.05, 0.1) is 5.69 Å². The fraction of sp³-hybridized carbons (Fsp3) is 0.250. The summed E-state index contributed by atoms with van der Waals surface area (Å²) >= 11 is 0. The van der Waals surface area contributed by atoms with Crippen LogP contribution in [0.2, 0.25) is 0 Å². The Morgan fingerprint density at radius 2 is 1.57 bits per heavy atom. The van der Waals surface area contributed by atoms with E-state index >= 15 is 8.78 Å².